The molecule has 3 nitrogen and oxygen atoms in total. The van der Waals surface area contributed by atoms with E-state index in [0.29, 0.717) is 0 Å². The lowest BCUT2D eigenvalue weighted by Gasteiger charge is -1.92. The molecule has 0 heterocycles. The smallest absolute Gasteiger partial charge is 0.309 e. The van der Waals surface area contributed by atoms with Crippen molar-refractivity contribution >= 4 is 6.09 Å². The van der Waals surface area contributed by atoms with Crippen molar-refractivity contribution in [2.75, 3.05) is 0 Å². The number of hydrogen-bond acceptors (Lipinski definition) is 1. The number of nitrogens with one attached hydrogen (secondary N) is 1. The minimum Gasteiger partial charge on any atom is -0.309 e. The largest absolute Gasteiger partial charge is 0.451 e. The number of rotatable bonds is 1. The minimum atomic E-state index is -2.83. The summed E-state index contributed by atoms with van der Waals surface area (Å²) in [5.41, 5.74) is 0. The van der Waals surface area contributed by atoms with Crippen molar-refractivity contribution in [3.63, 3.8) is 0 Å². The van der Waals surface area contributed by atoms with E-state index in [2.05, 4.69) is 0 Å². The Hall–Kier alpha value is -0.870. The summed E-state index contributed by atoms with van der Waals surface area (Å²) in [6, 6.07) is -1.21. The normalized spacial score (nSPS) is 29.3. The van der Waals surface area contributed by atoms with Gasteiger partial charge in [0.15, 0.2) is 0 Å². The molecule has 1 aliphatic rings. The molecule has 1 unspecified atom stereocenters. The average Bonchev–Trinajstić information content (AvgIpc) is 2.10. The van der Waals surface area contributed by atoms with Crippen LogP contribution in [0.2, 0.25) is 0 Å². The van der Waals surface area contributed by atoms with E-state index in [1.165, 1.54) is 0 Å². The van der Waals surface area contributed by atoms with E-state index in [0.717, 1.165) is 0 Å². The van der Waals surface area contributed by atoms with Crippen molar-refractivity contribution in [3.05, 3.63) is 0 Å². The molecule has 0 aromatic carbocycles. The van der Waals surface area contributed by atoms with Crippen LogP contribution < -0.4 is 5.32 Å². The van der Waals surface area contributed by atoms with Crippen molar-refractivity contribution in [1.29, 1.82) is 0 Å². The van der Waals surface area contributed by atoms with Gasteiger partial charge in [0.05, 0.1) is 0 Å². The van der Waals surface area contributed by atoms with E-state index in [9.17, 15) is 18.7 Å². The molecule has 1 amide bonds. The van der Waals surface area contributed by atoms with Crippen molar-refractivity contribution in [2.24, 2.45) is 0 Å². The zero-order valence-electron chi connectivity index (χ0n) is 4.36. The van der Waals surface area contributed by atoms with Crippen LogP contribution in [0, 0.1) is 0 Å². The maximum Gasteiger partial charge on any atom is 0.451 e. The van der Waals surface area contributed by atoms with Crippen LogP contribution in [0.4, 0.5) is 13.6 Å². The first kappa shape index (κ1) is 6.25. The highest BCUT2D eigenvalue weighted by Crippen LogP contribution is 2.41. The predicted molar refractivity (Wildman–Crippen MR) is 22.6 cm³/mol. The summed E-state index contributed by atoms with van der Waals surface area (Å²) in [6.45, 7) is 0. The SMILES string of the molecule is [O]C(=O)NC1CC1(F)F. The molecular formula is C4H4F2NO2. The zero-order chi connectivity index (χ0) is 7.07. The maximum absolute atomic E-state index is 11.8. The zero-order valence-corrected chi connectivity index (χ0v) is 4.36. The minimum absolute atomic E-state index is 0.402. The first-order chi connectivity index (χ1) is 4.02. The third-order valence-corrected chi connectivity index (χ3v) is 1.12. The number of carbonyl (C=O) groups is 1. The van der Waals surface area contributed by atoms with Crippen molar-refractivity contribution < 1.29 is 18.7 Å². The summed E-state index contributed by atoms with van der Waals surface area (Å²) in [7, 11) is 0. The highest BCUT2D eigenvalue weighted by Gasteiger charge is 2.58. The number of carbonyl (C=O) groups excluding carboxylic acids is 1. The van der Waals surface area contributed by atoms with Crippen LogP contribution in [0.3, 0.4) is 0 Å². The Morgan fingerprint density at radius 1 is 1.67 bits per heavy atom. The second-order valence-corrected chi connectivity index (χ2v) is 1.95. The maximum atomic E-state index is 11.8. The number of alkyl halides is 2. The Balaban J connectivity index is 2.28. The Kier molecular flexibility index (Phi) is 1.08. The fraction of sp³-hybridized carbons (Fsp3) is 0.750. The van der Waals surface area contributed by atoms with Crippen LogP contribution >= 0.6 is 0 Å². The molecule has 0 aromatic heterocycles. The Morgan fingerprint density at radius 2 is 2.11 bits per heavy atom. The quantitative estimate of drug-likeness (QED) is 0.561. The van der Waals surface area contributed by atoms with E-state index < -0.39 is 24.5 Å². The molecule has 1 N–H and O–H groups in total. The summed E-state index contributed by atoms with van der Waals surface area (Å²) in [6.07, 6.45) is -2.04. The molecule has 1 aliphatic carbocycles. The molecule has 5 heteroatoms. The Morgan fingerprint density at radius 3 is 2.22 bits per heavy atom. The van der Waals surface area contributed by atoms with E-state index in [1.54, 1.807) is 5.32 Å². The van der Waals surface area contributed by atoms with Gasteiger partial charge in [-0.2, -0.15) is 0 Å². The fourth-order valence-corrected chi connectivity index (χ4v) is 0.512. The highest BCUT2D eigenvalue weighted by atomic mass is 19.3. The standard InChI is InChI=1S/C4H4F2NO2/c5-4(6)1-2(4)7-3(8)9/h2,7H,1H2. The number of amides is 1. The summed E-state index contributed by atoms with van der Waals surface area (Å²) in [5.74, 6) is -2.83. The second kappa shape index (κ2) is 1.55. The average molecular weight is 136 g/mol. The van der Waals surface area contributed by atoms with Gasteiger partial charge in [-0.15, -0.1) is 0 Å². The molecular weight excluding hydrogens is 132 g/mol. The molecule has 0 aromatic rings. The third kappa shape index (κ3) is 1.28. The van der Waals surface area contributed by atoms with Crippen LogP contribution in [-0.2, 0) is 5.11 Å². The molecule has 1 radical (unpaired) electrons. The molecule has 0 bridgehead atoms. The first-order valence-electron chi connectivity index (χ1n) is 2.38. The van der Waals surface area contributed by atoms with Gasteiger partial charge in [-0.1, -0.05) is 0 Å². The van der Waals surface area contributed by atoms with Crippen LogP contribution in [0.1, 0.15) is 6.42 Å². The molecule has 9 heavy (non-hydrogen) atoms. The molecule has 1 saturated carbocycles. The fourth-order valence-electron chi connectivity index (χ4n) is 0.512. The van der Waals surface area contributed by atoms with E-state index >= 15 is 0 Å². The van der Waals surface area contributed by atoms with Gasteiger partial charge < -0.3 is 5.32 Å². The lowest BCUT2D eigenvalue weighted by Crippen LogP contribution is -2.26. The second-order valence-electron chi connectivity index (χ2n) is 1.95. The van der Waals surface area contributed by atoms with Crippen molar-refractivity contribution in [2.45, 2.75) is 18.4 Å². The summed E-state index contributed by atoms with van der Waals surface area (Å²) in [5, 5.41) is 11.1. The van der Waals surface area contributed by atoms with Gasteiger partial charge in [-0.25, -0.2) is 18.7 Å². The van der Waals surface area contributed by atoms with Crippen molar-refractivity contribution in [1.82, 2.24) is 5.32 Å². The van der Waals surface area contributed by atoms with Gasteiger partial charge in [0.1, 0.15) is 6.04 Å². The Labute approximate surface area is 49.7 Å². The van der Waals surface area contributed by atoms with Crippen LogP contribution in [0.5, 0.6) is 0 Å². The molecule has 1 fully saturated rings. The predicted octanol–water partition coefficient (Wildman–Crippen LogP) is 0.534. The van der Waals surface area contributed by atoms with E-state index in [4.69, 9.17) is 0 Å². The first-order valence-corrected chi connectivity index (χ1v) is 2.38. The molecule has 0 saturated heterocycles. The molecule has 51 valence electrons. The summed E-state index contributed by atoms with van der Waals surface area (Å²) >= 11 is 0. The van der Waals surface area contributed by atoms with Crippen LogP contribution in [0.25, 0.3) is 0 Å². The van der Waals surface area contributed by atoms with Gasteiger partial charge in [0.25, 0.3) is 5.92 Å². The van der Waals surface area contributed by atoms with Gasteiger partial charge in [0.2, 0.25) is 0 Å². The van der Waals surface area contributed by atoms with E-state index in [1.807, 2.05) is 0 Å². The number of halogens is 2. The monoisotopic (exact) mass is 136 g/mol. The highest BCUT2D eigenvalue weighted by molar-refractivity contribution is 5.65. The topological polar surface area (TPSA) is 49.0 Å². The third-order valence-electron chi connectivity index (χ3n) is 1.12. The van der Waals surface area contributed by atoms with Crippen LogP contribution in [0.15, 0.2) is 0 Å². The lowest BCUT2D eigenvalue weighted by molar-refractivity contribution is 0.102. The van der Waals surface area contributed by atoms with Gasteiger partial charge in [-0.3, -0.25) is 0 Å². The van der Waals surface area contributed by atoms with E-state index in [-0.39, 0.29) is 0 Å². The molecule has 0 spiro atoms. The van der Waals surface area contributed by atoms with Crippen LogP contribution in [-0.4, -0.2) is 18.1 Å². The summed E-state index contributed by atoms with van der Waals surface area (Å²) < 4.78 is 23.6. The molecule has 0 aliphatic heterocycles. The number of hydrogen-bond donors (Lipinski definition) is 1. The van der Waals surface area contributed by atoms with Crippen molar-refractivity contribution in [3.8, 4) is 0 Å². The summed E-state index contributed by atoms with van der Waals surface area (Å²) in [4.78, 5) is 9.58. The van der Waals surface area contributed by atoms with Gasteiger partial charge in [0, 0.05) is 6.42 Å². The molecule has 1 atom stereocenters. The van der Waals surface area contributed by atoms with Gasteiger partial charge >= 0.3 is 6.09 Å². The molecule has 1 rings (SSSR count). The Bertz CT molecular complexity index is 148. The lowest BCUT2D eigenvalue weighted by atomic mass is 10.7. The van der Waals surface area contributed by atoms with Gasteiger partial charge in [-0.05, 0) is 0 Å².